The van der Waals surface area contributed by atoms with E-state index in [2.05, 4.69) is 0 Å². The van der Waals surface area contributed by atoms with Crippen molar-refractivity contribution in [2.75, 3.05) is 13.1 Å². The van der Waals surface area contributed by atoms with Gasteiger partial charge < -0.3 is 14.7 Å². The molecule has 0 saturated heterocycles. The molecule has 0 fully saturated rings. The molecule has 0 aliphatic carbocycles. The second-order valence-electron chi connectivity index (χ2n) is 5.07. The van der Waals surface area contributed by atoms with Gasteiger partial charge in [0, 0.05) is 18.7 Å². The van der Waals surface area contributed by atoms with E-state index < -0.39 is 5.97 Å². The fraction of sp³-hybridized carbons (Fsp3) is 0.500. The molecule has 1 rings (SSSR count). The molecule has 1 aromatic rings. The highest BCUT2D eigenvalue weighted by Gasteiger charge is 2.16. The number of amides is 1. The molecule has 0 aromatic heterocycles. The summed E-state index contributed by atoms with van der Waals surface area (Å²) in [6.07, 6.45) is 0.218. The maximum atomic E-state index is 12.3. The molecule has 1 amide bonds. The molecule has 5 nitrogen and oxygen atoms in total. The Bertz CT molecular complexity index is 485. The van der Waals surface area contributed by atoms with Crippen LogP contribution in [0.5, 0.6) is 5.75 Å². The maximum Gasteiger partial charge on any atom is 0.305 e. The number of nitrogens with zero attached hydrogens (tertiary/aromatic N) is 1. The molecule has 1 aromatic carbocycles. The van der Waals surface area contributed by atoms with Gasteiger partial charge in [-0.25, -0.2) is 0 Å². The SMILES string of the molecule is CCN(CCC(=O)O)C(=O)Cc1ccccc1OC(C)C. The average Bonchev–Trinajstić information content (AvgIpc) is 2.40. The van der Waals surface area contributed by atoms with Crippen LogP contribution in [0.15, 0.2) is 24.3 Å². The van der Waals surface area contributed by atoms with E-state index >= 15 is 0 Å². The number of carboxylic acid groups (broad SMARTS) is 1. The number of likely N-dealkylation sites (N-methyl/N-ethyl adjacent to an activating group) is 1. The minimum atomic E-state index is -0.898. The highest BCUT2D eigenvalue weighted by molar-refractivity contribution is 5.80. The number of benzene rings is 1. The minimum absolute atomic E-state index is 0.0375. The Morgan fingerprint density at radius 2 is 1.95 bits per heavy atom. The van der Waals surface area contributed by atoms with Gasteiger partial charge in [0.05, 0.1) is 18.9 Å². The molecule has 0 atom stereocenters. The van der Waals surface area contributed by atoms with Gasteiger partial charge in [0.1, 0.15) is 5.75 Å². The van der Waals surface area contributed by atoms with E-state index in [4.69, 9.17) is 9.84 Å². The van der Waals surface area contributed by atoms with Gasteiger partial charge in [-0.1, -0.05) is 18.2 Å². The molecule has 21 heavy (non-hydrogen) atoms. The van der Waals surface area contributed by atoms with Crippen molar-refractivity contribution in [3.63, 3.8) is 0 Å². The molecule has 1 N–H and O–H groups in total. The lowest BCUT2D eigenvalue weighted by Crippen LogP contribution is -2.34. The van der Waals surface area contributed by atoms with Crippen LogP contribution in [0.1, 0.15) is 32.8 Å². The molecule has 0 saturated carbocycles. The quantitative estimate of drug-likeness (QED) is 0.799. The third-order valence-corrected chi connectivity index (χ3v) is 3.01. The Hall–Kier alpha value is -2.04. The monoisotopic (exact) mass is 293 g/mol. The number of hydrogen-bond donors (Lipinski definition) is 1. The first kappa shape index (κ1) is 17.0. The predicted molar refractivity (Wildman–Crippen MR) is 80.4 cm³/mol. The molecular formula is C16H23NO4. The summed E-state index contributed by atoms with van der Waals surface area (Å²) in [6, 6.07) is 7.44. The van der Waals surface area contributed by atoms with Crippen LogP contribution in [-0.4, -0.2) is 41.1 Å². The lowest BCUT2D eigenvalue weighted by atomic mass is 10.1. The first-order valence-corrected chi connectivity index (χ1v) is 7.18. The summed E-state index contributed by atoms with van der Waals surface area (Å²) >= 11 is 0. The van der Waals surface area contributed by atoms with Crippen LogP contribution in [0, 0.1) is 0 Å². The molecular weight excluding hydrogens is 270 g/mol. The van der Waals surface area contributed by atoms with Gasteiger partial charge in [-0.3, -0.25) is 9.59 Å². The Kier molecular flexibility index (Phi) is 6.72. The normalized spacial score (nSPS) is 10.5. The molecule has 0 heterocycles. The van der Waals surface area contributed by atoms with Crippen molar-refractivity contribution >= 4 is 11.9 Å². The molecule has 0 radical (unpaired) electrons. The molecule has 0 unspecified atom stereocenters. The molecule has 5 heteroatoms. The van der Waals surface area contributed by atoms with E-state index in [-0.39, 0.29) is 31.4 Å². The number of para-hydroxylation sites is 1. The number of ether oxygens (including phenoxy) is 1. The second-order valence-corrected chi connectivity index (χ2v) is 5.07. The molecule has 0 aliphatic heterocycles. The highest BCUT2D eigenvalue weighted by Crippen LogP contribution is 2.20. The fourth-order valence-corrected chi connectivity index (χ4v) is 1.98. The average molecular weight is 293 g/mol. The first-order valence-electron chi connectivity index (χ1n) is 7.18. The highest BCUT2D eigenvalue weighted by atomic mass is 16.5. The van der Waals surface area contributed by atoms with Crippen molar-refractivity contribution in [1.29, 1.82) is 0 Å². The summed E-state index contributed by atoms with van der Waals surface area (Å²) in [6.45, 7) is 6.45. The summed E-state index contributed by atoms with van der Waals surface area (Å²) in [4.78, 5) is 24.4. The third kappa shape index (κ3) is 5.85. The summed E-state index contributed by atoms with van der Waals surface area (Å²) in [5.41, 5.74) is 0.824. The Morgan fingerprint density at radius 3 is 2.52 bits per heavy atom. The zero-order valence-electron chi connectivity index (χ0n) is 12.8. The summed E-state index contributed by atoms with van der Waals surface area (Å²) in [7, 11) is 0. The zero-order valence-corrected chi connectivity index (χ0v) is 12.8. The van der Waals surface area contributed by atoms with Gasteiger partial charge in [0.25, 0.3) is 0 Å². The molecule has 116 valence electrons. The smallest absolute Gasteiger partial charge is 0.305 e. The van der Waals surface area contributed by atoms with Gasteiger partial charge in [-0.15, -0.1) is 0 Å². The number of carboxylic acids is 1. The van der Waals surface area contributed by atoms with E-state index in [0.717, 1.165) is 5.56 Å². The van der Waals surface area contributed by atoms with Gasteiger partial charge in [0.15, 0.2) is 0 Å². The fourth-order valence-electron chi connectivity index (χ4n) is 1.98. The van der Waals surface area contributed by atoms with Crippen LogP contribution in [0.3, 0.4) is 0 Å². The van der Waals surface area contributed by atoms with E-state index in [0.29, 0.717) is 12.3 Å². The lowest BCUT2D eigenvalue weighted by molar-refractivity contribution is -0.138. The van der Waals surface area contributed by atoms with E-state index in [1.54, 1.807) is 4.90 Å². The maximum absolute atomic E-state index is 12.3. The van der Waals surface area contributed by atoms with Crippen LogP contribution in [0.2, 0.25) is 0 Å². The van der Waals surface area contributed by atoms with Crippen molar-refractivity contribution in [2.45, 2.75) is 39.7 Å². The number of carbonyl (C=O) groups excluding carboxylic acids is 1. The molecule has 0 bridgehead atoms. The second kappa shape index (κ2) is 8.29. The lowest BCUT2D eigenvalue weighted by Gasteiger charge is -2.21. The van der Waals surface area contributed by atoms with E-state index in [1.165, 1.54) is 0 Å². The van der Waals surface area contributed by atoms with Crippen molar-refractivity contribution in [3.8, 4) is 5.75 Å². The Balaban J connectivity index is 2.74. The Labute approximate surface area is 125 Å². The van der Waals surface area contributed by atoms with Crippen LogP contribution in [0.4, 0.5) is 0 Å². The van der Waals surface area contributed by atoms with Crippen LogP contribution in [-0.2, 0) is 16.0 Å². The van der Waals surface area contributed by atoms with Crippen molar-refractivity contribution in [1.82, 2.24) is 4.90 Å². The largest absolute Gasteiger partial charge is 0.491 e. The van der Waals surface area contributed by atoms with Gasteiger partial charge in [-0.05, 0) is 26.8 Å². The zero-order chi connectivity index (χ0) is 15.8. The number of aliphatic carboxylic acids is 1. The minimum Gasteiger partial charge on any atom is -0.491 e. The number of hydrogen-bond acceptors (Lipinski definition) is 3. The van der Waals surface area contributed by atoms with E-state index in [9.17, 15) is 9.59 Å². The third-order valence-electron chi connectivity index (χ3n) is 3.01. The predicted octanol–water partition coefficient (Wildman–Crippen LogP) is 2.34. The van der Waals surface area contributed by atoms with Gasteiger partial charge in [0.2, 0.25) is 5.91 Å². The summed E-state index contributed by atoms with van der Waals surface area (Å²) in [5, 5.41) is 8.71. The topological polar surface area (TPSA) is 66.8 Å². The van der Waals surface area contributed by atoms with Crippen molar-refractivity contribution in [2.24, 2.45) is 0 Å². The van der Waals surface area contributed by atoms with Crippen molar-refractivity contribution < 1.29 is 19.4 Å². The van der Waals surface area contributed by atoms with Gasteiger partial charge in [-0.2, -0.15) is 0 Å². The first-order chi connectivity index (χ1) is 9.93. The van der Waals surface area contributed by atoms with Crippen molar-refractivity contribution in [3.05, 3.63) is 29.8 Å². The van der Waals surface area contributed by atoms with Crippen LogP contribution < -0.4 is 4.74 Å². The van der Waals surface area contributed by atoms with Crippen LogP contribution in [0.25, 0.3) is 0 Å². The Morgan fingerprint density at radius 1 is 1.29 bits per heavy atom. The molecule has 0 spiro atoms. The van der Waals surface area contributed by atoms with Crippen LogP contribution >= 0.6 is 0 Å². The van der Waals surface area contributed by atoms with E-state index in [1.807, 2.05) is 45.0 Å². The summed E-state index contributed by atoms with van der Waals surface area (Å²) in [5.74, 6) is -0.279. The summed E-state index contributed by atoms with van der Waals surface area (Å²) < 4.78 is 5.69. The number of rotatable bonds is 8. The van der Waals surface area contributed by atoms with Gasteiger partial charge >= 0.3 is 5.97 Å². The standard InChI is InChI=1S/C16H23NO4/c1-4-17(10-9-16(19)20)15(18)11-13-7-5-6-8-14(13)21-12(2)3/h5-8,12H,4,9-11H2,1-3H3,(H,19,20). The molecule has 0 aliphatic rings. The number of carbonyl (C=O) groups is 2.